The summed E-state index contributed by atoms with van der Waals surface area (Å²) in [5.41, 5.74) is -1.02. The summed E-state index contributed by atoms with van der Waals surface area (Å²) >= 11 is 0.988. The Bertz CT molecular complexity index is 874. The van der Waals surface area contributed by atoms with Crippen molar-refractivity contribution < 1.29 is 26.4 Å². The quantitative estimate of drug-likeness (QED) is 0.851. The number of halogens is 3. The Morgan fingerprint density at radius 2 is 1.88 bits per heavy atom. The summed E-state index contributed by atoms with van der Waals surface area (Å²) < 4.78 is 63.2. The molecule has 0 bridgehead atoms. The fourth-order valence-electron chi connectivity index (χ4n) is 1.88. The van der Waals surface area contributed by atoms with Crippen LogP contribution in [0.5, 0.6) is 0 Å². The van der Waals surface area contributed by atoms with Gasteiger partial charge in [0.05, 0.1) is 12.1 Å². The molecule has 0 unspecified atom stereocenters. The van der Waals surface area contributed by atoms with Crippen LogP contribution in [-0.4, -0.2) is 32.7 Å². The first kappa shape index (κ1) is 19.4. The number of nitrogens with one attached hydrogen (secondary N) is 1. The summed E-state index contributed by atoms with van der Waals surface area (Å²) in [5.74, 6) is -0.670. The number of thiophene rings is 1. The highest BCUT2D eigenvalue weighted by atomic mass is 32.2. The second-order valence-electron chi connectivity index (χ2n) is 5.27. The van der Waals surface area contributed by atoms with Crippen molar-refractivity contribution in [2.24, 2.45) is 0 Å². The van der Waals surface area contributed by atoms with Crippen LogP contribution in [0.25, 0.3) is 0 Å². The third-order valence-corrected chi connectivity index (χ3v) is 6.61. The van der Waals surface area contributed by atoms with Gasteiger partial charge in [0.1, 0.15) is 4.21 Å². The van der Waals surface area contributed by atoms with Gasteiger partial charge in [-0.25, -0.2) is 12.7 Å². The van der Waals surface area contributed by atoms with Gasteiger partial charge in [-0.2, -0.15) is 13.2 Å². The Morgan fingerprint density at radius 3 is 2.48 bits per heavy atom. The minimum Gasteiger partial charge on any atom is -0.347 e. The van der Waals surface area contributed by atoms with E-state index >= 15 is 0 Å². The smallest absolute Gasteiger partial charge is 0.347 e. The Morgan fingerprint density at radius 1 is 1.20 bits per heavy atom. The third-order valence-electron chi connectivity index (χ3n) is 3.25. The molecular weight excluding hydrogens is 377 g/mol. The topological polar surface area (TPSA) is 66.5 Å². The number of nitrogens with zero attached hydrogens (tertiary/aromatic N) is 1. The second-order valence-corrected chi connectivity index (χ2v) is 8.82. The minimum atomic E-state index is -4.53. The first-order valence-electron chi connectivity index (χ1n) is 6.98. The maximum Gasteiger partial charge on any atom is 0.416 e. The molecule has 0 fully saturated rings. The number of alkyl halides is 3. The van der Waals surface area contributed by atoms with Crippen molar-refractivity contribution >= 4 is 27.3 Å². The van der Waals surface area contributed by atoms with Crippen LogP contribution in [0.2, 0.25) is 0 Å². The molecule has 10 heteroatoms. The first-order valence-corrected chi connectivity index (χ1v) is 9.24. The molecule has 136 valence electrons. The minimum absolute atomic E-state index is 0.0166. The van der Waals surface area contributed by atoms with Gasteiger partial charge < -0.3 is 5.32 Å². The normalized spacial score (nSPS) is 12.4. The number of amides is 1. The molecule has 1 aromatic carbocycles. The number of sulfonamides is 1. The lowest BCUT2D eigenvalue weighted by Crippen LogP contribution is -2.23. The van der Waals surface area contributed by atoms with Crippen molar-refractivity contribution in [3.05, 3.63) is 52.4 Å². The van der Waals surface area contributed by atoms with Crippen LogP contribution >= 0.6 is 11.3 Å². The van der Waals surface area contributed by atoms with Crippen molar-refractivity contribution in [2.45, 2.75) is 16.9 Å². The Hall–Kier alpha value is -1.91. The lowest BCUT2D eigenvalue weighted by Gasteiger charge is -2.09. The van der Waals surface area contributed by atoms with Crippen LogP contribution in [-0.2, 0) is 22.7 Å². The van der Waals surface area contributed by atoms with Gasteiger partial charge in [0, 0.05) is 24.5 Å². The van der Waals surface area contributed by atoms with Gasteiger partial charge in [-0.15, -0.1) is 11.3 Å². The zero-order valence-electron chi connectivity index (χ0n) is 13.3. The van der Waals surface area contributed by atoms with Gasteiger partial charge in [0.15, 0.2) is 0 Å². The van der Waals surface area contributed by atoms with E-state index in [0.717, 1.165) is 33.8 Å². The molecule has 2 rings (SSSR count). The van der Waals surface area contributed by atoms with Gasteiger partial charge >= 0.3 is 6.18 Å². The number of benzene rings is 1. The predicted molar refractivity (Wildman–Crippen MR) is 87.8 cm³/mol. The number of rotatable bonds is 5. The zero-order chi connectivity index (χ0) is 18.8. The van der Waals surface area contributed by atoms with Crippen molar-refractivity contribution in [2.75, 3.05) is 14.1 Å². The second kappa shape index (κ2) is 7.14. The van der Waals surface area contributed by atoms with Crippen molar-refractivity contribution in [3.8, 4) is 0 Å². The lowest BCUT2D eigenvalue weighted by atomic mass is 10.1. The van der Waals surface area contributed by atoms with Crippen LogP contribution in [0.4, 0.5) is 13.2 Å². The van der Waals surface area contributed by atoms with Crippen LogP contribution < -0.4 is 5.32 Å². The summed E-state index contributed by atoms with van der Waals surface area (Å²) in [4.78, 5) is 12.6. The van der Waals surface area contributed by atoms with Crippen LogP contribution in [0.15, 0.2) is 40.6 Å². The van der Waals surface area contributed by atoms with E-state index in [0.29, 0.717) is 4.88 Å². The van der Waals surface area contributed by atoms with Gasteiger partial charge in [-0.05, 0) is 30.3 Å². The van der Waals surface area contributed by atoms with E-state index in [1.165, 1.54) is 26.2 Å². The van der Waals surface area contributed by atoms with E-state index in [-0.39, 0.29) is 16.3 Å². The molecule has 1 aromatic heterocycles. The average molecular weight is 392 g/mol. The highest BCUT2D eigenvalue weighted by molar-refractivity contribution is 7.91. The van der Waals surface area contributed by atoms with E-state index in [2.05, 4.69) is 5.32 Å². The zero-order valence-corrected chi connectivity index (χ0v) is 14.9. The Labute approximate surface area is 147 Å². The predicted octanol–water partition coefficient (Wildman–Crippen LogP) is 2.95. The summed E-state index contributed by atoms with van der Waals surface area (Å²) in [6.07, 6.45) is -4.53. The van der Waals surface area contributed by atoms with Gasteiger partial charge in [-0.3, -0.25) is 4.79 Å². The molecular formula is C15H15F3N2O3S2. The lowest BCUT2D eigenvalue weighted by molar-refractivity contribution is -0.137. The van der Waals surface area contributed by atoms with E-state index in [1.54, 1.807) is 6.07 Å². The molecule has 0 saturated heterocycles. The van der Waals surface area contributed by atoms with Crippen LogP contribution in [0.1, 0.15) is 20.8 Å². The number of hydrogen-bond acceptors (Lipinski definition) is 4. The average Bonchev–Trinajstić information content (AvgIpc) is 3.01. The monoisotopic (exact) mass is 392 g/mol. The largest absolute Gasteiger partial charge is 0.416 e. The molecule has 0 radical (unpaired) electrons. The molecule has 1 amide bonds. The molecule has 0 aliphatic rings. The highest BCUT2D eigenvalue weighted by Gasteiger charge is 2.30. The number of carbonyl (C=O) groups excluding carboxylic acids is 1. The third kappa shape index (κ3) is 4.59. The first-order chi connectivity index (χ1) is 11.5. The summed E-state index contributed by atoms with van der Waals surface area (Å²) in [5, 5.41) is 2.48. The molecule has 2 aromatic rings. The van der Waals surface area contributed by atoms with Gasteiger partial charge in [-0.1, -0.05) is 6.07 Å². The molecule has 5 nitrogen and oxygen atoms in total. The Kier molecular flexibility index (Phi) is 5.55. The van der Waals surface area contributed by atoms with E-state index in [1.807, 2.05) is 0 Å². The van der Waals surface area contributed by atoms with Crippen LogP contribution in [0.3, 0.4) is 0 Å². The van der Waals surface area contributed by atoms with Gasteiger partial charge in [0.25, 0.3) is 15.9 Å². The van der Waals surface area contributed by atoms with Crippen molar-refractivity contribution in [1.29, 1.82) is 0 Å². The van der Waals surface area contributed by atoms with Gasteiger partial charge in [0.2, 0.25) is 0 Å². The van der Waals surface area contributed by atoms with Crippen molar-refractivity contribution in [3.63, 3.8) is 0 Å². The summed E-state index contributed by atoms with van der Waals surface area (Å²) in [6, 6.07) is 7.06. The maximum atomic E-state index is 12.7. The molecule has 0 aliphatic carbocycles. The molecule has 0 saturated carbocycles. The molecule has 25 heavy (non-hydrogen) atoms. The molecule has 0 spiro atoms. The highest BCUT2D eigenvalue weighted by Crippen LogP contribution is 2.29. The van der Waals surface area contributed by atoms with E-state index < -0.39 is 27.7 Å². The summed E-state index contributed by atoms with van der Waals surface area (Å²) in [7, 11) is -0.741. The SMILES string of the molecule is CN(C)S(=O)(=O)c1ccc(CNC(=O)c2cccc(C(F)(F)F)c2)s1. The Balaban J connectivity index is 2.08. The summed E-state index contributed by atoms with van der Waals surface area (Å²) in [6.45, 7) is 0.0166. The number of carbonyl (C=O) groups is 1. The van der Waals surface area contributed by atoms with E-state index in [4.69, 9.17) is 0 Å². The fraction of sp³-hybridized carbons (Fsp3) is 0.267. The van der Waals surface area contributed by atoms with Crippen LogP contribution in [0, 0.1) is 0 Å². The molecule has 1 heterocycles. The molecule has 0 aliphatic heterocycles. The standard InChI is InChI=1S/C15H15F3N2O3S2/c1-20(2)25(22,23)13-7-6-12(24-13)9-19-14(21)10-4-3-5-11(8-10)15(16,17)18/h3-8H,9H2,1-2H3,(H,19,21). The maximum absolute atomic E-state index is 12.7. The van der Waals surface area contributed by atoms with E-state index in [9.17, 15) is 26.4 Å². The molecule has 1 N–H and O–H groups in total. The number of hydrogen-bond donors (Lipinski definition) is 1. The molecule has 0 atom stereocenters. The fourth-order valence-corrected chi connectivity index (χ4v) is 4.34. The van der Waals surface area contributed by atoms with Crippen molar-refractivity contribution in [1.82, 2.24) is 9.62 Å².